The van der Waals surface area contributed by atoms with E-state index >= 15 is 0 Å². The molecule has 0 radical (unpaired) electrons. The molecular formula is C15H13BrCl2NO6S-. The van der Waals surface area contributed by atoms with Crippen LogP contribution < -0.4 is 9.46 Å². The average molecular weight is 486 g/mol. The Bertz CT molecular complexity index is 844. The van der Waals surface area contributed by atoms with E-state index in [1.807, 2.05) is 0 Å². The molecule has 0 fully saturated rings. The highest BCUT2D eigenvalue weighted by molar-refractivity contribution is 9.09. The Morgan fingerprint density at radius 3 is 2.77 bits per heavy atom. The number of carbonyl (C=O) groups excluding carboxylic acids is 1. The molecule has 2 aromatic rings. The highest BCUT2D eigenvalue weighted by atomic mass is 79.9. The highest BCUT2D eigenvalue weighted by Gasteiger charge is 2.29. The van der Waals surface area contributed by atoms with Crippen molar-refractivity contribution < 1.29 is 27.8 Å². The number of hydrogen-bond donors (Lipinski definition) is 2. The molecule has 2 rings (SSSR count). The summed E-state index contributed by atoms with van der Waals surface area (Å²) < 4.78 is 34.1. The molecule has 142 valence electrons. The minimum Gasteiger partial charge on any atom is -0.760 e. The zero-order chi connectivity index (χ0) is 19.4. The van der Waals surface area contributed by atoms with Crippen LogP contribution in [0.15, 0.2) is 22.6 Å². The molecule has 0 aliphatic carbocycles. The third kappa shape index (κ3) is 5.21. The van der Waals surface area contributed by atoms with Crippen molar-refractivity contribution in [2.24, 2.45) is 0 Å². The Morgan fingerprint density at radius 1 is 1.50 bits per heavy atom. The summed E-state index contributed by atoms with van der Waals surface area (Å²) in [5.74, 6) is -1.10. The minimum atomic E-state index is -2.40. The lowest BCUT2D eigenvalue weighted by atomic mass is 10.1. The predicted octanol–water partition coefficient (Wildman–Crippen LogP) is 4.09. The SMILES string of the molecule is CC(=O)Oc1c(C(Br)CCNS(=O)[O-])oc(-c2ccc(Cl)cc2Cl)c1O. The predicted molar refractivity (Wildman–Crippen MR) is 100 cm³/mol. The summed E-state index contributed by atoms with van der Waals surface area (Å²) in [5, 5.41) is 11.1. The number of esters is 1. The number of carbonyl (C=O) groups is 1. The second-order valence-electron chi connectivity index (χ2n) is 5.08. The number of nitrogens with one attached hydrogen (secondary N) is 1. The van der Waals surface area contributed by atoms with Gasteiger partial charge in [-0.2, -0.15) is 0 Å². The van der Waals surface area contributed by atoms with Crippen LogP contribution in [-0.4, -0.2) is 26.4 Å². The lowest BCUT2D eigenvalue weighted by Crippen LogP contribution is -2.18. The first kappa shape index (κ1) is 21.2. The van der Waals surface area contributed by atoms with E-state index in [2.05, 4.69) is 20.7 Å². The molecule has 2 N–H and O–H groups in total. The smallest absolute Gasteiger partial charge is 0.308 e. The highest BCUT2D eigenvalue weighted by Crippen LogP contribution is 2.49. The van der Waals surface area contributed by atoms with Gasteiger partial charge in [-0.05, 0) is 24.6 Å². The maximum Gasteiger partial charge on any atom is 0.308 e. The molecule has 7 nitrogen and oxygen atoms in total. The quantitative estimate of drug-likeness (QED) is 0.347. The topological polar surface area (TPSA) is 112 Å². The van der Waals surface area contributed by atoms with Gasteiger partial charge < -0.3 is 18.8 Å². The van der Waals surface area contributed by atoms with E-state index in [0.717, 1.165) is 0 Å². The third-order valence-corrected chi connectivity index (χ3v) is 5.05. The van der Waals surface area contributed by atoms with Crippen molar-refractivity contribution in [1.82, 2.24) is 4.72 Å². The first-order valence-corrected chi connectivity index (χ1v) is 9.91. The lowest BCUT2D eigenvalue weighted by molar-refractivity contribution is -0.132. The van der Waals surface area contributed by atoms with Crippen molar-refractivity contribution in [3.05, 3.63) is 34.0 Å². The van der Waals surface area contributed by atoms with E-state index in [4.69, 9.17) is 32.4 Å². The summed E-state index contributed by atoms with van der Waals surface area (Å²) in [5.41, 5.74) is 0.353. The molecule has 2 atom stereocenters. The standard InChI is InChI=1S/C15H14BrCl2NO6S/c1-7(20)24-15-12(21)13(9-3-2-8(17)6-11(9)18)25-14(15)10(16)4-5-19-26(22)23/h2-3,6,10,19,21H,4-5H2,1H3,(H,22,23)/p-1. The second-order valence-corrected chi connectivity index (χ2v) is 7.78. The van der Waals surface area contributed by atoms with Gasteiger partial charge in [-0.15, -0.1) is 0 Å². The number of ether oxygens (including phenoxy) is 1. The van der Waals surface area contributed by atoms with Crippen molar-refractivity contribution in [2.45, 2.75) is 18.2 Å². The van der Waals surface area contributed by atoms with Gasteiger partial charge in [0, 0.05) is 35.3 Å². The Kier molecular flexibility index (Phi) is 7.51. The average Bonchev–Trinajstić information content (AvgIpc) is 2.84. The first-order chi connectivity index (χ1) is 12.2. The van der Waals surface area contributed by atoms with Crippen LogP contribution >= 0.6 is 39.1 Å². The zero-order valence-corrected chi connectivity index (χ0v) is 17.2. The minimum absolute atomic E-state index is 0.00253. The molecule has 0 spiro atoms. The fourth-order valence-corrected chi connectivity index (χ4v) is 3.44. The monoisotopic (exact) mass is 484 g/mol. The largest absolute Gasteiger partial charge is 0.760 e. The van der Waals surface area contributed by atoms with E-state index in [-0.39, 0.29) is 35.3 Å². The van der Waals surface area contributed by atoms with E-state index < -0.39 is 27.8 Å². The van der Waals surface area contributed by atoms with Crippen LogP contribution in [0.4, 0.5) is 0 Å². The molecular weight excluding hydrogens is 473 g/mol. The molecule has 11 heteroatoms. The molecule has 1 heterocycles. The summed E-state index contributed by atoms with van der Waals surface area (Å²) in [6, 6.07) is 4.59. The molecule has 26 heavy (non-hydrogen) atoms. The van der Waals surface area contributed by atoms with Gasteiger partial charge in [-0.1, -0.05) is 39.1 Å². The zero-order valence-electron chi connectivity index (χ0n) is 13.3. The van der Waals surface area contributed by atoms with Crippen molar-refractivity contribution in [1.29, 1.82) is 0 Å². The first-order valence-electron chi connectivity index (χ1n) is 7.17. The molecule has 0 aliphatic heterocycles. The molecule has 0 amide bonds. The Morgan fingerprint density at radius 2 is 2.19 bits per heavy atom. The van der Waals surface area contributed by atoms with Crippen LogP contribution in [0, 0.1) is 0 Å². The second kappa shape index (κ2) is 9.20. The van der Waals surface area contributed by atoms with Gasteiger partial charge in [0.2, 0.25) is 11.5 Å². The van der Waals surface area contributed by atoms with Crippen LogP contribution in [0.25, 0.3) is 11.3 Å². The van der Waals surface area contributed by atoms with E-state index in [1.165, 1.54) is 13.0 Å². The number of alkyl halides is 1. The molecule has 2 unspecified atom stereocenters. The molecule has 0 saturated carbocycles. The fraction of sp³-hybridized carbons (Fsp3) is 0.267. The summed E-state index contributed by atoms with van der Waals surface area (Å²) in [4.78, 5) is 10.8. The van der Waals surface area contributed by atoms with Gasteiger partial charge in [0.05, 0.1) is 9.85 Å². The van der Waals surface area contributed by atoms with Crippen molar-refractivity contribution >= 4 is 56.4 Å². The number of furan rings is 1. The van der Waals surface area contributed by atoms with Crippen LogP contribution in [0.2, 0.25) is 10.0 Å². The van der Waals surface area contributed by atoms with E-state index in [0.29, 0.717) is 10.6 Å². The van der Waals surface area contributed by atoms with Crippen LogP contribution in [0.1, 0.15) is 23.9 Å². The Balaban J connectivity index is 2.43. The number of rotatable bonds is 7. The lowest BCUT2D eigenvalue weighted by Gasteiger charge is -2.11. The van der Waals surface area contributed by atoms with E-state index in [1.54, 1.807) is 12.1 Å². The number of hydrogen-bond acceptors (Lipinski definition) is 6. The molecule has 0 aliphatic rings. The van der Waals surface area contributed by atoms with Crippen LogP contribution in [-0.2, 0) is 16.1 Å². The molecule has 1 aromatic carbocycles. The Labute approximate surface area is 170 Å². The normalized spacial score (nSPS) is 13.4. The van der Waals surface area contributed by atoms with E-state index in [9.17, 15) is 18.7 Å². The van der Waals surface area contributed by atoms with Crippen molar-refractivity contribution in [2.75, 3.05) is 6.54 Å². The van der Waals surface area contributed by atoms with Crippen LogP contribution in [0.3, 0.4) is 0 Å². The van der Waals surface area contributed by atoms with Crippen molar-refractivity contribution in [3.8, 4) is 22.8 Å². The maximum atomic E-state index is 11.4. The summed E-state index contributed by atoms with van der Waals surface area (Å²) in [6.45, 7) is 1.28. The van der Waals surface area contributed by atoms with Gasteiger partial charge in [0.15, 0.2) is 11.5 Å². The fourth-order valence-electron chi connectivity index (χ4n) is 2.13. The van der Waals surface area contributed by atoms with Gasteiger partial charge in [0.1, 0.15) is 0 Å². The van der Waals surface area contributed by atoms with Gasteiger partial charge in [-0.25, -0.2) is 4.72 Å². The van der Waals surface area contributed by atoms with Gasteiger partial charge in [0.25, 0.3) is 0 Å². The number of halogens is 3. The summed E-state index contributed by atoms with van der Waals surface area (Å²) in [6.07, 6.45) is 0.267. The maximum absolute atomic E-state index is 11.4. The Hall–Kier alpha value is -1.10. The third-order valence-electron chi connectivity index (χ3n) is 3.19. The summed E-state index contributed by atoms with van der Waals surface area (Å²) >= 11 is 13.0. The van der Waals surface area contributed by atoms with Crippen LogP contribution in [0.5, 0.6) is 11.5 Å². The number of benzene rings is 1. The molecule has 1 aromatic heterocycles. The molecule has 0 saturated heterocycles. The number of aromatic hydroxyl groups is 1. The summed E-state index contributed by atoms with van der Waals surface area (Å²) in [7, 11) is 0. The van der Waals surface area contributed by atoms with Gasteiger partial charge >= 0.3 is 5.97 Å². The van der Waals surface area contributed by atoms with Crippen molar-refractivity contribution in [3.63, 3.8) is 0 Å². The van der Waals surface area contributed by atoms with Gasteiger partial charge in [-0.3, -0.25) is 9.00 Å². The molecule has 0 bridgehead atoms.